The van der Waals surface area contributed by atoms with Gasteiger partial charge in [0.05, 0.1) is 0 Å². The maximum atomic E-state index is 13.2. The molecule has 3 aromatic carbocycles. The average molecular weight is 380 g/mol. The number of hydrogen-bond donors (Lipinski definition) is 1. The third-order valence-electron chi connectivity index (χ3n) is 4.07. The van der Waals surface area contributed by atoms with Crippen LogP contribution < -0.4 is 5.32 Å². The molecule has 4 aromatic rings. The van der Waals surface area contributed by atoms with Crippen LogP contribution in [0, 0.1) is 5.82 Å². The van der Waals surface area contributed by atoms with Gasteiger partial charge in [-0.1, -0.05) is 41.9 Å². The maximum absolute atomic E-state index is 13.2. The summed E-state index contributed by atoms with van der Waals surface area (Å²) in [6.45, 7) is 0. The van der Waals surface area contributed by atoms with Crippen molar-refractivity contribution in [1.29, 1.82) is 0 Å². The standard InChI is InChI=1S/C21H15ClFN3O/c22-16-8-6-14(7-9-16)19(24-18-12-10-17(23)11-13-18)21-26-25-20(27-21)15-4-2-1-3-5-15/h1-13,19,24H. The molecule has 0 aliphatic carbocycles. The van der Waals surface area contributed by atoms with Gasteiger partial charge in [-0.2, -0.15) is 0 Å². The minimum absolute atomic E-state index is 0.298. The summed E-state index contributed by atoms with van der Waals surface area (Å²) in [4.78, 5) is 0. The Bertz CT molecular complexity index is 1020. The van der Waals surface area contributed by atoms with Gasteiger partial charge in [-0.15, -0.1) is 10.2 Å². The van der Waals surface area contributed by atoms with E-state index < -0.39 is 6.04 Å². The van der Waals surface area contributed by atoms with Gasteiger partial charge in [0.2, 0.25) is 11.8 Å². The van der Waals surface area contributed by atoms with Crippen molar-refractivity contribution in [3.05, 3.63) is 101 Å². The van der Waals surface area contributed by atoms with E-state index in [1.165, 1.54) is 12.1 Å². The van der Waals surface area contributed by atoms with Crippen LogP contribution in [0.25, 0.3) is 11.5 Å². The molecule has 0 radical (unpaired) electrons. The molecule has 4 nitrogen and oxygen atoms in total. The molecule has 0 spiro atoms. The summed E-state index contributed by atoms with van der Waals surface area (Å²) < 4.78 is 19.1. The van der Waals surface area contributed by atoms with E-state index in [1.807, 2.05) is 42.5 Å². The summed E-state index contributed by atoms with van der Waals surface area (Å²) >= 11 is 6.01. The Morgan fingerprint density at radius 2 is 1.56 bits per heavy atom. The fraction of sp³-hybridized carbons (Fsp3) is 0.0476. The highest BCUT2D eigenvalue weighted by molar-refractivity contribution is 6.30. The lowest BCUT2D eigenvalue weighted by atomic mass is 10.1. The second-order valence-electron chi connectivity index (χ2n) is 5.95. The summed E-state index contributed by atoms with van der Waals surface area (Å²) in [6.07, 6.45) is 0. The third kappa shape index (κ3) is 3.99. The number of benzene rings is 3. The maximum Gasteiger partial charge on any atom is 0.247 e. The first-order chi connectivity index (χ1) is 13.2. The quantitative estimate of drug-likeness (QED) is 0.481. The van der Waals surface area contributed by atoms with Crippen LogP contribution in [0.15, 0.2) is 83.3 Å². The minimum atomic E-state index is -0.405. The van der Waals surface area contributed by atoms with Gasteiger partial charge in [0, 0.05) is 16.3 Å². The van der Waals surface area contributed by atoms with E-state index >= 15 is 0 Å². The zero-order valence-corrected chi connectivity index (χ0v) is 14.9. The van der Waals surface area contributed by atoms with Crippen molar-refractivity contribution in [1.82, 2.24) is 10.2 Å². The smallest absolute Gasteiger partial charge is 0.247 e. The zero-order valence-electron chi connectivity index (χ0n) is 14.1. The van der Waals surface area contributed by atoms with Crippen LogP contribution in [-0.4, -0.2) is 10.2 Å². The van der Waals surface area contributed by atoms with E-state index in [4.69, 9.17) is 16.0 Å². The predicted octanol–water partition coefficient (Wildman–Crippen LogP) is 5.73. The van der Waals surface area contributed by atoms with Crippen LogP contribution in [0.5, 0.6) is 0 Å². The average Bonchev–Trinajstić information content (AvgIpc) is 3.19. The van der Waals surface area contributed by atoms with Crippen molar-refractivity contribution in [2.75, 3.05) is 5.32 Å². The van der Waals surface area contributed by atoms with Gasteiger partial charge in [-0.3, -0.25) is 0 Å². The SMILES string of the molecule is Fc1ccc(NC(c2ccc(Cl)cc2)c2nnc(-c3ccccc3)o2)cc1. The lowest BCUT2D eigenvalue weighted by Crippen LogP contribution is -2.13. The fourth-order valence-electron chi connectivity index (χ4n) is 2.70. The second kappa shape index (κ2) is 7.60. The van der Waals surface area contributed by atoms with Gasteiger partial charge >= 0.3 is 0 Å². The fourth-order valence-corrected chi connectivity index (χ4v) is 2.83. The number of nitrogens with zero attached hydrogens (tertiary/aromatic N) is 2. The molecule has 0 bridgehead atoms. The first kappa shape index (κ1) is 17.2. The molecule has 1 unspecified atom stereocenters. The number of anilines is 1. The van der Waals surface area contributed by atoms with Crippen LogP contribution in [0.2, 0.25) is 5.02 Å². The van der Waals surface area contributed by atoms with E-state index in [1.54, 1.807) is 24.3 Å². The number of halogens is 2. The van der Waals surface area contributed by atoms with E-state index in [9.17, 15) is 4.39 Å². The van der Waals surface area contributed by atoms with E-state index in [-0.39, 0.29) is 5.82 Å². The van der Waals surface area contributed by atoms with Crippen molar-refractivity contribution in [2.24, 2.45) is 0 Å². The minimum Gasteiger partial charge on any atom is -0.418 e. The molecule has 0 saturated heterocycles. The van der Waals surface area contributed by atoms with Crippen LogP contribution in [0.3, 0.4) is 0 Å². The molecule has 0 aliphatic rings. The second-order valence-corrected chi connectivity index (χ2v) is 6.38. The molecule has 0 fully saturated rings. The molecule has 1 atom stereocenters. The molecule has 1 N–H and O–H groups in total. The van der Waals surface area contributed by atoms with Crippen LogP contribution in [-0.2, 0) is 0 Å². The molecule has 1 heterocycles. The number of aromatic nitrogens is 2. The van der Waals surface area contributed by atoms with Crippen molar-refractivity contribution < 1.29 is 8.81 Å². The highest BCUT2D eigenvalue weighted by Crippen LogP contribution is 2.29. The van der Waals surface area contributed by atoms with Gasteiger partial charge in [0.15, 0.2) is 0 Å². The highest BCUT2D eigenvalue weighted by atomic mass is 35.5. The Morgan fingerprint density at radius 3 is 2.26 bits per heavy atom. The van der Waals surface area contributed by atoms with Gasteiger partial charge < -0.3 is 9.73 Å². The van der Waals surface area contributed by atoms with Crippen molar-refractivity contribution in [3.63, 3.8) is 0 Å². The molecular formula is C21H15ClFN3O. The summed E-state index contributed by atoms with van der Waals surface area (Å²) in [6, 6.07) is 22.6. The van der Waals surface area contributed by atoms with E-state index in [2.05, 4.69) is 15.5 Å². The summed E-state index contributed by atoms with van der Waals surface area (Å²) in [5.74, 6) is 0.540. The topological polar surface area (TPSA) is 51.0 Å². The van der Waals surface area contributed by atoms with Gasteiger partial charge in [-0.05, 0) is 54.1 Å². The zero-order chi connectivity index (χ0) is 18.6. The molecule has 1 aromatic heterocycles. The van der Waals surface area contributed by atoms with Crippen molar-refractivity contribution >= 4 is 17.3 Å². The number of nitrogens with one attached hydrogen (secondary N) is 1. The molecule has 6 heteroatoms. The lowest BCUT2D eigenvalue weighted by molar-refractivity contribution is 0.494. The summed E-state index contributed by atoms with van der Waals surface area (Å²) in [5, 5.41) is 12.3. The molecule has 134 valence electrons. The molecule has 0 saturated carbocycles. The Kier molecular flexibility index (Phi) is 4.85. The molecular weight excluding hydrogens is 365 g/mol. The Labute approximate surface area is 160 Å². The molecule has 0 aliphatic heterocycles. The van der Waals surface area contributed by atoms with E-state index in [0.717, 1.165) is 16.8 Å². The van der Waals surface area contributed by atoms with Crippen LogP contribution in [0.4, 0.5) is 10.1 Å². The molecule has 27 heavy (non-hydrogen) atoms. The number of hydrogen-bond acceptors (Lipinski definition) is 4. The van der Waals surface area contributed by atoms with E-state index in [0.29, 0.717) is 16.8 Å². The van der Waals surface area contributed by atoms with Crippen molar-refractivity contribution in [2.45, 2.75) is 6.04 Å². The van der Waals surface area contributed by atoms with Gasteiger partial charge in [0.25, 0.3) is 0 Å². The monoisotopic (exact) mass is 379 g/mol. The predicted molar refractivity (Wildman–Crippen MR) is 103 cm³/mol. The molecule has 0 amide bonds. The Balaban J connectivity index is 1.70. The normalized spacial score (nSPS) is 11.9. The first-order valence-electron chi connectivity index (χ1n) is 8.35. The summed E-state index contributed by atoms with van der Waals surface area (Å²) in [7, 11) is 0. The third-order valence-corrected chi connectivity index (χ3v) is 4.32. The Morgan fingerprint density at radius 1 is 0.852 bits per heavy atom. The highest BCUT2D eigenvalue weighted by Gasteiger charge is 2.21. The van der Waals surface area contributed by atoms with Gasteiger partial charge in [0.1, 0.15) is 11.9 Å². The van der Waals surface area contributed by atoms with Gasteiger partial charge in [-0.25, -0.2) is 4.39 Å². The Hall–Kier alpha value is -3.18. The summed E-state index contributed by atoms with van der Waals surface area (Å²) in [5.41, 5.74) is 2.47. The largest absolute Gasteiger partial charge is 0.418 e. The molecule has 4 rings (SSSR count). The first-order valence-corrected chi connectivity index (χ1v) is 8.73. The lowest BCUT2D eigenvalue weighted by Gasteiger charge is -2.17. The number of rotatable bonds is 5. The van der Waals surface area contributed by atoms with Crippen LogP contribution in [0.1, 0.15) is 17.5 Å². The van der Waals surface area contributed by atoms with Crippen molar-refractivity contribution in [3.8, 4) is 11.5 Å². The van der Waals surface area contributed by atoms with Crippen LogP contribution >= 0.6 is 11.6 Å².